The SMILES string of the molecule is CCN1C(=O)C(=Nc2cc3c(s2)-c2cc4c(cc2OC3(C)C)-c2sc(N=C3SC(=C(C#N)C#N)N(CC)C3=O)cc2C(C)(C)O4)SC1=C(C#N)C#N. The molecule has 16 heteroatoms. The minimum Gasteiger partial charge on any atom is -0.482 e. The normalized spacial score (nSPS) is 19.1. The first-order valence-electron chi connectivity index (χ1n) is 15.9. The molecule has 2 amide bonds. The molecule has 258 valence electrons. The van der Waals surface area contributed by atoms with Crippen LogP contribution in [0.5, 0.6) is 11.5 Å². The number of aliphatic imine (C=N–C) groups is 2. The number of amides is 2. The highest BCUT2D eigenvalue weighted by Crippen LogP contribution is 2.58. The summed E-state index contributed by atoms with van der Waals surface area (Å²) in [5, 5.41) is 39.8. The summed E-state index contributed by atoms with van der Waals surface area (Å²) >= 11 is 4.87. The van der Waals surface area contributed by atoms with Crippen LogP contribution in [0.4, 0.5) is 10.0 Å². The van der Waals surface area contributed by atoms with Gasteiger partial charge in [0.2, 0.25) is 0 Å². The van der Waals surface area contributed by atoms with Gasteiger partial charge in [0.15, 0.2) is 21.2 Å². The molecule has 2 saturated heterocycles. The Morgan fingerprint density at radius 1 is 0.673 bits per heavy atom. The van der Waals surface area contributed by atoms with E-state index < -0.39 is 11.2 Å². The van der Waals surface area contributed by atoms with Crippen molar-refractivity contribution in [3.8, 4) is 56.7 Å². The molecule has 1 aromatic carbocycles. The van der Waals surface area contributed by atoms with Gasteiger partial charge in [-0.1, -0.05) is 0 Å². The molecule has 0 atom stereocenters. The number of carbonyl (C=O) groups excluding carboxylic acids is 2. The van der Waals surface area contributed by atoms with Gasteiger partial charge in [0.1, 0.15) is 67.0 Å². The predicted octanol–water partition coefficient (Wildman–Crippen LogP) is 8.17. The number of thioether (sulfide) groups is 2. The fourth-order valence-corrected chi connectivity index (χ4v) is 10.8. The Morgan fingerprint density at radius 3 is 1.37 bits per heavy atom. The van der Waals surface area contributed by atoms with Crippen LogP contribution in [0.2, 0.25) is 0 Å². The predicted molar refractivity (Wildman–Crippen MR) is 201 cm³/mol. The largest absolute Gasteiger partial charge is 0.482 e. The molecule has 4 aliphatic heterocycles. The quantitative estimate of drug-likeness (QED) is 0.235. The molecule has 52 heavy (non-hydrogen) atoms. The highest BCUT2D eigenvalue weighted by Gasteiger charge is 2.41. The molecule has 0 N–H and O–H groups in total. The van der Waals surface area contributed by atoms with E-state index in [9.17, 15) is 30.6 Å². The van der Waals surface area contributed by atoms with Crippen LogP contribution in [-0.4, -0.2) is 44.8 Å². The van der Waals surface area contributed by atoms with Crippen LogP contribution in [0, 0.1) is 45.3 Å². The summed E-state index contributed by atoms with van der Waals surface area (Å²) in [7, 11) is 0. The Hall–Kier alpha value is -5.36. The monoisotopic (exact) mass is 762 g/mol. The van der Waals surface area contributed by atoms with Gasteiger partial charge in [-0.2, -0.15) is 21.0 Å². The molecule has 0 radical (unpaired) electrons. The van der Waals surface area contributed by atoms with Crippen LogP contribution in [0.25, 0.3) is 20.9 Å². The van der Waals surface area contributed by atoms with E-state index in [0.29, 0.717) is 34.6 Å². The fraction of sp³-hybridized carbons (Fsp3) is 0.278. The zero-order valence-electron chi connectivity index (χ0n) is 28.6. The van der Waals surface area contributed by atoms with Crippen LogP contribution >= 0.6 is 46.2 Å². The number of benzene rings is 1. The number of ether oxygens (including phenoxy) is 2. The van der Waals surface area contributed by atoms with Crippen molar-refractivity contribution in [3.05, 3.63) is 56.6 Å². The molecule has 12 nitrogen and oxygen atoms in total. The first-order valence-corrected chi connectivity index (χ1v) is 19.2. The average Bonchev–Trinajstić information content (AvgIpc) is 3.87. The second-order valence-electron chi connectivity index (χ2n) is 12.7. The lowest BCUT2D eigenvalue weighted by molar-refractivity contribution is -0.121. The first kappa shape index (κ1) is 35.1. The summed E-state index contributed by atoms with van der Waals surface area (Å²) in [6.07, 6.45) is 0. The third kappa shape index (κ3) is 5.47. The maximum absolute atomic E-state index is 13.2. The number of allylic oxidation sites excluding steroid dienone is 2. The van der Waals surface area contributed by atoms with Crippen molar-refractivity contribution in [2.45, 2.75) is 52.7 Å². The Bertz CT molecular complexity index is 2250. The molecular formula is C36H26N8O4S4. The van der Waals surface area contributed by atoms with Crippen molar-refractivity contribution in [3.63, 3.8) is 0 Å². The van der Waals surface area contributed by atoms with Crippen molar-refractivity contribution in [2.24, 2.45) is 9.98 Å². The molecule has 0 saturated carbocycles. The minimum absolute atomic E-state index is 0.134. The van der Waals surface area contributed by atoms with E-state index >= 15 is 0 Å². The van der Waals surface area contributed by atoms with Gasteiger partial charge in [0.05, 0.1) is 0 Å². The molecule has 0 spiro atoms. The van der Waals surface area contributed by atoms with Crippen LogP contribution in [0.3, 0.4) is 0 Å². The highest BCUT2D eigenvalue weighted by molar-refractivity contribution is 8.20. The van der Waals surface area contributed by atoms with Gasteiger partial charge in [0.25, 0.3) is 11.8 Å². The van der Waals surface area contributed by atoms with Gasteiger partial charge in [-0.15, -0.1) is 22.7 Å². The molecule has 0 unspecified atom stereocenters. The zero-order valence-corrected chi connectivity index (χ0v) is 31.8. The molecular weight excluding hydrogens is 737 g/mol. The lowest BCUT2D eigenvalue weighted by Crippen LogP contribution is -2.30. The van der Waals surface area contributed by atoms with Gasteiger partial charge < -0.3 is 9.47 Å². The number of hydrogen-bond donors (Lipinski definition) is 0. The van der Waals surface area contributed by atoms with Crippen LogP contribution in [0.1, 0.15) is 52.7 Å². The fourth-order valence-electron chi connectivity index (χ4n) is 6.23. The van der Waals surface area contributed by atoms with Crippen LogP contribution in [-0.2, 0) is 20.8 Å². The zero-order chi connectivity index (χ0) is 37.3. The Morgan fingerprint density at radius 2 is 1.04 bits per heavy atom. The van der Waals surface area contributed by atoms with Crippen molar-refractivity contribution in [1.82, 2.24) is 9.80 Å². The van der Waals surface area contributed by atoms with E-state index in [2.05, 4.69) is 0 Å². The first-order chi connectivity index (χ1) is 24.8. The lowest BCUT2D eigenvalue weighted by atomic mass is 9.88. The summed E-state index contributed by atoms with van der Waals surface area (Å²) in [4.78, 5) is 40.5. The summed E-state index contributed by atoms with van der Waals surface area (Å²) in [5.74, 6) is 0.561. The second-order valence-corrected chi connectivity index (χ2v) is 16.7. The minimum atomic E-state index is -0.750. The number of thiophene rings is 2. The Kier molecular flexibility index (Phi) is 8.56. The number of nitriles is 4. The van der Waals surface area contributed by atoms with E-state index in [-0.39, 0.29) is 43.1 Å². The smallest absolute Gasteiger partial charge is 0.284 e. The maximum atomic E-state index is 13.2. The topological polar surface area (TPSA) is 179 Å². The van der Waals surface area contributed by atoms with Gasteiger partial charge in [0, 0.05) is 45.1 Å². The highest BCUT2D eigenvalue weighted by atomic mass is 32.2. The van der Waals surface area contributed by atoms with Crippen molar-refractivity contribution < 1.29 is 19.1 Å². The molecule has 0 aliphatic carbocycles. The second kappa shape index (κ2) is 12.7. The number of rotatable bonds is 4. The van der Waals surface area contributed by atoms with Gasteiger partial charge in [-0.3, -0.25) is 19.4 Å². The van der Waals surface area contributed by atoms with E-state index in [1.807, 2.05) is 76.2 Å². The van der Waals surface area contributed by atoms with Gasteiger partial charge in [-0.05, 0) is 89.3 Å². The van der Waals surface area contributed by atoms with Gasteiger partial charge >= 0.3 is 0 Å². The van der Waals surface area contributed by atoms with Crippen molar-refractivity contribution in [1.29, 1.82) is 21.0 Å². The average molecular weight is 763 g/mol. The van der Waals surface area contributed by atoms with Crippen molar-refractivity contribution in [2.75, 3.05) is 13.1 Å². The summed E-state index contributed by atoms with van der Waals surface area (Å²) in [6.45, 7) is 12.0. The van der Waals surface area contributed by atoms with Crippen LogP contribution in [0.15, 0.2) is 55.5 Å². The number of hydrogen-bond acceptors (Lipinski definition) is 14. The summed E-state index contributed by atoms with van der Waals surface area (Å²) in [6, 6.07) is 15.2. The Balaban J connectivity index is 1.29. The third-order valence-electron chi connectivity index (χ3n) is 8.70. The van der Waals surface area contributed by atoms with E-state index in [0.717, 1.165) is 55.5 Å². The molecule has 0 bridgehead atoms. The van der Waals surface area contributed by atoms with E-state index in [4.69, 9.17) is 19.5 Å². The summed E-state index contributed by atoms with van der Waals surface area (Å²) < 4.78 is 13.2. The number of fused-ring (bicyclic) bond motifs is 6. The third-order valence-corrected chi connectivity index (χ3v) is 13.0. The molecule has 2 fully saturated rings. The maximum Gasteiger partial charge on any atom is 0.284 e. The van der Waals surface area contributed by atoms with Crippen LogP contribution < -0.4 is 9.47 Å². The molecule has 6 heterocycles. The van der Waals surface area contributed by atoms with E-state index in [1.165, 1.54) is 32.5 Å². The lowest BCUT2D eigenvalue weighted by Gasteiger charge is -2.36. The van der Waals surface area contributed by atoms with E-state index in [1.54, 1.807) is 13.8 Å². The molecule has 2 aromatic heterocycles. The number of carbonyl (C=O) groups is 2. The molecule has 4 aliphatic rings. The van der Waals surface area contributed by atoms with Gasteiger partial charge in [-0.25, -0.2) is 9.98 Å². The standard InChI is InChI=1S/C36H26N8O4S4/c1-7-43-31(45)29(51-33(43)17(13-37)14-38)41-25-11-21-27(49-25)19-9-24-20(10-23(19)47-35(21,3)4)28-22(36(5,6)48-24)12-26(50-28)42-30-32(46)44(8-2)34(52-30)18(15-39)16-40/h9-12H,7-8H2,1-6H3. The number of nitrogens with zero attached hydrogens (tertiary/aromatic N) is 8. The molecule has 3 aromatic rings. The molecule has 7 rings (SSSR count). The van der Waals surface area contributed by atoms with Crippen molar-refractivity contribution >= 4 is 78.1 Å². The summed E-state index contributed by atoms with van der Waals surface area (Å²) in [5.41, 5.74) is 1.65. The Labute approximate surface area is 315 Å².